The molecule has 9 heteroatoms. The van der Waals surface area contributed by atoms with Crippen molar-refractivity contribution in [2.24, 2.45) is 0 Å². The van der Waals surface area contributed by atoms with E-state index in [0.717, 1.165) is 29.9 Å². The average Bonchev–Trinajstić information content (AvgIpc) is 3.23. The van der Waals surface area contributed by atoms with Crippen LogP contribution in [0.15, 0.2) is 52.2 Å². The number of nitrogens with one attached hydrogen (secondary N) is 2. The molecule has 0 saturated heterocycles. The molecule has 8 nitrogen and oxygen atoms in total. The molecule has 28 heavy (non-hydrogen) atoms. The van der Waals surface area contributed by atoms with Gasteiger partial charge >= 0.3 is 6.03 Å². The van der Waals surface area contributed by atoms with Crippen LogP contribution in [0.2, 0.25) is 0 Å². The lowest BCUT2D eigenvalue weighted by molar-refractivity contribution is -0.117. The number of carbonyl (C=O) groups excluding carboxylic acids is 2. The Morgan fingerprint density at radius 2 is 2.00 bits per heavy atom. The van der Waals surface area contributed by atoms with E-state index >= 15 is 0 Å². The zero-order chi connectivity index (χ0) is 19.5. The highest BCUT2D eigenvalue weighted by molar-refractivity contribution is 7.99. The first kappa shape index (κ1) is 18.3. The number of furan rings is 1. The third-order valence-electron chi connectivity index (χ3n) is 4.25. The number of aromatic nitrogens is 3. The normalized spacial score (nSPS) is 13.3. The summed E-state index contributed by atoms with van der Waals surface area (Å²) < 4.78 is 7.28. The van der Waals surface area contributed by atoms with Crippen molar-refractivity contribution >= 4 is 23.7 Å². The van der Waals surface area contributed by atoms with Gasteiger partial charge in [0.25, 0.3) is 0 Å². The van der Waals surface area contributed by atoms with Crippen molar-refractivity contribution in [2.75, 3.05) is 5.75 Å². The molecule has 1 aliphatic carbocycles. The molecular weight excluding hydrogens is 378 g/mol. The van der Waals surface area contributed by atoms with Crippen molar-refractivity contribution < 1.29 is 14.0 Å². The zero-order valence-electron chi connectivity index (χ0n) is 15.2. The van der Waals surface area contributed by atoms with Gasteiger partial charge in [0.1, 0.15) is 5.76 Å². The summed E-state index contributed by atoms with van der Waals surface area (Å²) in [6, 6.07) is 11.2. The first-order valence-electron chi connectivity index (χ1n) is 8.90. The van der Waals surface area contributed by atoms with Crippen LogP contribution in [0.5, 0.6) is 0 Å². The third-order valence-corrected chi connectivity index (χ3v) is 5.17. The molecule has 2 aromatic heterocycles. The predicted molar refractivity (Wildman–Crippen MR) is 104 cm³/mol. The van der Waals surface area contributed by atoms with Gasteiger partial charge < -0.3 is 9.73 Å². The number of amides is 3. The molecule has 0 radical (unpaired) electrons. The van der Waals surface area contributed by atoms with Gasteiger partial charge in [-0.05, 0) is 38.0 Å². The van der Waals surface area contributed by atoms with Gasteiger partial charge in [-0.1, -0.05) is 30.0 Å². The number of carbonyl (C=O) groups is 2. The fraction of sp³-hybridized carbons (Fsp3) is 0.263. The van der Waals surface area contributed by atoms with Crippen LogP contribution in [0.4, 0.5) is 4.79 Å². The van der Waals surface area contributed by atoms with Gasteiger partial charge in [0.05, 0.1) is 17.6 Å². The molecule has 2 N–H and O–H groups in total. The van der Waals surface area contributed by atoms with Crippen LogP contribution in [0.3, 0.4) is 0 Å². The lowest BCUT2D eigenvalue weighted by Crippen LogP contribution is -2.41. The maximum atomic E-state index is 12.1. The van der Waals surface area contributed by atoms with E-state index in [0.29, 0.717) is 11.0 Å². The fourth-order valence-corrected chi connectivity index (χ4v) is 3.46. The van der Waals surface area contributed by atoms with Crippen molar-refractivity contribution in [3.63, 3.8) is 0 Å². The van der Waals surface area contributed by atoms with E-state index in [1.165, 1.54) is 11.8 Å². The number of para-hydroxylation sites is 1. The van der Waals surface area contributed by atoms with Crippen molar-refractivity contribution in [1.29, 1.82) is 0 Å². The number of benzene rings is 1. The van der Waals surface area contributed by atoms with Crippen LogP contribution in [-0.2, 0) is 4.79 Å². The molecule has 0 spiro atoms. The van der Waals surface area contributed by atoms with E-state index in [9.17, 15) is 9.59 Å². The Bertz CT molecular complexity index is 994. The molecule has 1 saturated carbocycles. The van der Waals surface area contributed by atoms with E-state index in [4.69, 9.17) is 4.42 Å². The van der Waals surface area contributed by atoms with Crippen LogP contribution < -0.4 is 10.6 Å². The minimum absolute atomic E-state index is 0.0490. The van der Waals surface area contributed by atoms with Gasteiger partial charge in [0, 0.05) is 11.7 Å². The fourth-order valence-electron chi connectivity index (χ4n) is 2.71. The third kappa shape index (κ3) is 4.09. The number of rotatable bonds is 6. The summed E-state index contributed by atoms with van der Waals surface area (Å²) in [6.07, 6.45) is 3.53. The van der Waals surface area contributed by atoms with E-state index < -0.39 is 6.03 Å². The topological polar surface area (TPSA) is 102 Å². The number of nitrogens with zero attached hydrogens (tertiary/aromatic N) is 3. The van der Waals surface area contributed by atoms with Crippen LogP contribution in [0.25, 0.3) is 17.1 Å². The van der Waals surface area contributed by atoms with Gasteiger partial charge in [-0.15, -0.1) is 10.2 Å². The van der Waals surface area contributed by atoms with Crippen molar-refractivity contribution in [2.45, 2.75) is 31.0 Å². The predicted octanol–water partition coefficient (Wildman–Crippen LogP) is 2.92. The molecule has 0 bridgehead atoms. The van der Waals surface area contributed by atoms with Gasteiger partial charge in [-0.25, -0.2) is 4.79 Å². The van der Waals surface area contributed by atoms with Crippen LogP contribution in [0.1, 0.15) is 18.6 Å². The van der Waals surface area contributed by atoms with E-state index in [2.05, 4.69) is 20.8 Å². The van der Waals surface area contributed by atoms with E-state index in [-0.39, 0.29) is 17.7 Å². The number of hydrogen-bond acceptors (Lipinski definition) is 6. The van der Waals surface area contributed by atoms with Gasteiger partial charge in [-0.2, -0.15) is 0 Å². The monoisotopic (exact) mass is 397 g/mol. The second-order valence-electron chi connectivity index (χ2n) is 6.45. The second kappa shape index (κ2) is 7.89. The molecular formula is C19H19N5O3S. The quantitative estimate of drug-likeness (QED) is 0.620. The summed E-state index contributed by atoms with van der Waals surface area (Å²) in [4.78, 5) is 23.8. The van der Waals surface area contributed by atoms with Crippen molar-refractivity contribution in [1.82, 2.24) is 25.4 Å². The summed E-state index contributed by atoms with van der Waals surface area (Å²) in [5.41, 5.74) is 1.70. The minimum atomic E-state index is -0.452. The van der Waals surface area contributed by atoms with Gasteiger partial charge in [0.15, 0.2) is 11.0 Å². The largest absolute Gasteiger partial charge is 0.469 e. The van der Waals surface area contributed by atoms with Crippen LogP contribution in [0, 0.1) is 6.92 Å². The maximum absolute atomic E-state index is 12.1. The number of aryl methyl sites for hydroxylation is 1. The number of imide groups is 1. The van der Waals surface area contributed by atoms with Crippen molar-refractivity contribution in [3.05, 3.63) is 48.4 Å². The molecule has 1 fully saturated rings. The highest BCUT2D eigenvalue weighted by atomic mass is 32.2. The van der Waals surface area contributed by atoms with E-state index in [1.54, 1.807) is 6.26 Å². The smallest absolute Gasteiger partial charge is 0.321 e. The minimum Gasteiger partial charge on any atom is -0.469 e. The number of thioether (sulfide) groups is 1. The summed E-state index contributed by atoms with van der Waals surface area (Å²) in [6.45, 7) is 1.86. The SMILES string of the molecule is Cc1occc1-c1nnc(SCC(=O)NC(=O)NC2CC2)n1-c1ccccc1. The Morgan fingerprint density at radius 1 is 1.21 bits per heavy atom. The van der Waals surface area contributed by atoms with Gasteiger partial charge in [-0.3, -0.25) is 14.7 Å². The van der Waals surface area contributed by atoms with E-state index in [1.807, 2.05) is 47.9 Å². The summed E-state index contributed by atoms with van der Waals surface area (Å²) >= 11 is 1.22. The molecule has 3 amide bonds. The number of hydrogen-bond donors (Lipinski definition) is 2. The lowest BCUT2D eigenvalue weighted by Gasteiger charge is -2.10. The maximum Gasteiger partial charge on any atom is 0.321 e. The standard InChI is InChI=1S/C19H19N5O3S/c1-12-15(9-10-27-12)17-22-23-19(24(17)14-5-3-2-4-6-14)28-11-16(25)21-18(26)20-13-7-8-13/h2-6,9-10,13H,7-8,11H2,1H3,(H2,20,21,25,26). The Morgan fingerprint density at radius 3 is 2.68 bits per heavy atom. The molecule has 144 valence electrons. The van der Waals surface area contributed by atoms with Gasteiger partial charge in [0.2, 0.25) is 5.91 Å². The molecule has 1 aromatic carbocycles. The lowest BCUT2D eigenvalue weighted by atomic mass is 10.2. The molecule has 0 aliphatic heterocycles. The second-order valence-corrected chi connectivity index (χ2v) is 7.39. The molecule has 3 aromatic rings. The molecule has 4 rings (SSSR count). The Labute approximate surface area is 165 Å². The number of urea groups is 1. The molecule has 2 heterocycles. The Balaban J connectivity index is 1.53. The van der Waals surface area contributed by atoms with Crippen molar-refractivity contribution in [3.8, 4) is 17.1 Å². The summed E-state index contributed by atoms with van der Waals surface area (Å²) in [5, 5.41) is 14.2. The first-order valence-corrected chi connectivity index (χ1v) is 9.89. The van der Waals surface area contributed by atoms with Crippen LogP contribution >= 0.6 is 11.8 Å². The Kier molecular flexibility index (Phi) is 5.16. The average molecular weight is 397 g/mol. The highest BCUT2D eigenvalue weighted by Gasteiger charge is 2.24. The molecule has 1 aliphatic rings. The first-order chi connectivity index (χ1) is 13.6. The Hall–Kier alpha value is -3.07. The molecule has 0 atom stereocenters. The van der Waals surface area contributed by atoms with Crippen LogP contribution in [-0.4, -0.2) is 38.5 Å². The summed E-state index contributed by atoms with van der Waals surface area (Å²) in [7, 11) is 0. The molecule has 0 unspecified atom stereocenters. The highest BCUT2D eigenvalue weighted by Crippen LogP contribution is 2.30. The summed E-state index contributed by atoms with van der Waals surface area (Å²) in [5.74, 6) is 1.03. The zero-order valence-corrected chi connectivity index (χ0v) is 16.0.